The molecule has 0 aromatic heterocycles. The zero-order valence-electron chi connectivity index (χ0n) is 36.4. The van der Waals surface area contributed by atoms with E-state index < -0.39 is 5.41 Å². The van der Waals surface area contributed by atoms with Crippen molar-refractivity contribution in [2.75, 3.05) is 0 Å². The fraction of sp³-hybridized carbons (Fsp3) is 0.226. The predicted octanol–water partition coefficient (Wildman–Crippen LogP) is 16.3. The van der Waals surface area contributed by atoms with Gasteiger partial charge in [0.15, 0.2) is 0 Å². The van der Waals surface area contributed by atoms with E-state index in [4.69, 9.17) is 0 Å². The van der Waals surface area contributed by atoms with E-state index in [1.807, 2.05) is 0 Å². The van der Waals surface area contributed by atoms with Gasteiger partial charge >= 0.3 is 0 Å². The van der Waals surface area contributed by atoms with Crippen molar-refractivity contribution in [3.63, 3.8) is 0 Å². The summed E-state index contributed by atoms with van der Waals surface area (Å²) in [6.07, 6.45) is 12.5. The Hall–Kier alpha value is -6.24. The van der Waals surface area contributed by atoms with Crippen LogP contribution in [0.5, 0.6) is 0 Å². The Morgan fingerprint density at radius 1 is 0.274 bits per heavy atom. The Morgan fingerprint density at radius 2 is 0.613 bits per heavy atom. The summed E-state index contributed by atoms with van der Waals surface area (Å²) >= 11 is 0. The number of benzene rings is 8. The molecule has 0 N–H and O–H groups in total. The molecule has 0 heteroatoms. The van der Waals surface area contributed by atoms with Crippen LogP contribution in [0.25, 0.3) is 44.5 Å². The van der Waals surface area contributed by atoms with Gasteiger partial charge in [0.25, 0.3) is 0 Å². The number of fused-ring (bicyclic) bond motifs is 13. The fourth-order valence-corrected chi connectivity index (χ4v) is 12.1. The zero-order valence-corrected chi connectivity index (χ0v) is 36.4. The highest BCUT2D eigenvalue weighted by atomic mass is 14.5. The average molecular weight is 801 g/mol. The van der Waals surface area contributed by atoms with Crippen molar-refractivity contribution in [1.82, 2.24) is 0 Å². The first-order chi connectivity index (χ1) is 30.7. The van der Waals surface area contributed by atoms with Crippen LogP contribution in [0.15, 0.2) is 182 Å². The molecule has 3 aliphatic rings. The summed E-state index contributed by atoms with van der Waals surface area (Å²) in [6, 6.07) is 70.7. The third-order valence-electron chi connectivity index (χ3n) is 14.8. The molecule has 0 radical (unpaired) electrons. The van der Waals surface area contributed by atoms with Crippen molar-refractivity contribution in [1.29, 1.82) is 0 Å². The van der Waals surface area contributed by atoms with E-state index in [1.54, 1.807) is 0 Å². The fourth-order valence-electron chi connectivity index (χ4n) is 12.1. The van der Waals surface area contributed by atoms with E-state index in [9.17, 15) is 0 Å². The van der Waals surface area contributed by atoms with Gasteiger partial charge < -0.3 is 0 Å². The SMILES string of the molecule is CCCCCCc1ccc(C2(c3ccc(CCCCCC)cc3)c3ccccc3-c3c(-c4cccc5c4-c4ccccc4C54c5ccccc5-c5ccccc54)cccc32)cc1. The first-order valence-corrected chi connectivity index (χ1v) is 23.6. The molecule has 11 rings (SSSR count). The number of aryl methyl sites for hydroxylation is 2. The quantitative estimate of drug-likeness (QED) is 0.102. The Balaban J connectivity index is 1.13. The lowest BCUT2D eigenvalue weighted by molar-refractivity contribution is 0.666. The van der Waals surface area contributed by atoms with E-state index in [1.165, 1.54) is 152 Å². The second kappa shape index (κ2) is 15.9. The maximum atomic E-state index is 2.46. The van der Waals surface area contributed by atoms with Crippen molar-refractivity contribution >= 4 is 0 Å². The molecule has 1 spiro atoms. The van der Waals surface area contributed by atoms with Gasteiger partial charge in [-0.2, -0.15) is 0 Å². The maximum Gasteiger partial charge on any atom is 0.0725 e. The second-order valence-electron chi connectivity index (χ2n) is 18.2. The molecule has 0 fully saturated rings. The van der Waals surface area contributed by atoms with Gasteiger partial charge in [-0.3, -0.25) is 0 Å². The lowest BCUT2D eigenvalue weighted by Gasteiger charge is -2.34. The van der Waals surface area contributed by atoms with Gasteiger partial charge in [-0.15, -0.1) is 0 Å². The first-order valence-electron chi connectivity index (χ1n) is 23.6. The van der Waals surface area contributed by atoms with Gasteiger partial charge in [-0.05, 0) is 126 Å². The standard InChI is InChI=1S/C62H56/c1-3-5-7-9-21-43-35-39-45(40-36-43)61(46-41-37-44(38-42-46)22-10-8-6-4-2)55-31-17-13-25-51(55)59-49(27-19-33-57(59)61)50-28-20-34-58-60(50)52-26-14-18-32-56(52)62(58)53-29-15-11-23-47(53)48-24-12-16-30-54(48)62/h11-20,23-42H,3-10,21-22H2,1-2H3. The Bertz CT molecular complexity index is 2820. The van der Waals surface area contributed by atoms with Gasteiger partial charge in [0, 0.05) is 0 Å². The molecular formula is C62H56. The average Bonchev–Trinajstić information content (AvgIpc) is 3.93. The third-order valence-corrected chi connectivity index (χ3v) is 14.8. The molecule has 8 aromatic carbocycles. The first kappa shape index (κ1) is 38.7. The van der Waals surface area contributed by atoms with Crippen LogP contribution in [-0.2, 0) is 23.7 Å². The molecule has 0 heterocycles. The van der Waals surface area contributed by atoms with E-state index in [0.29, 0.717) is 0 Å². The van der Waals surface area contributed by atoms with Crippen molar-refractivity contribution in [3.8, 4) is 44.5 Å². The molecule has 0 aliphatic heterocycles. The van der Waals surface area contributed by atoms with Crippen LogP contribution in [0.4, 0.5) is 0 Å². The molecule has 62 heavy (non-hydrogen) atoms. The smallest absolute Gasteiger partial charge is 0.0654 e. The molecular weight excluding hydrogens is 745 g/mol. The van der Waals surface area contributed by atoms with Crippen LogP contribution in [0.3, 0.4) is 0 Å². The van der Waals surface area contributed by atoms with Gasteiger partial charge in [0.1, 0.15) is 0 Å². The molecule has 0 amide bonds. The number of rotatable bonds is 13. The van der Waals surface area contributed by atoms with Crippen molar-refractivity contribution in [3.05, 3.63) is 238 Å². The number of unbranched alkanes of at least 4 members (excludes halogenated alkanes) is 6. The van der Waals surface area contributed by atoms with E-state index in [2.05, 4.69) is 196 Å². The van der Waals surface area contributed by atoms with Gasteiger partial charge in [0.2, 0.25) is 0 Å². The van der Waals surface area contributed by atoms with Crippen LogP contribution in [0.1, 0.15) is 121 Å². The molecule has 8 aromatic rings. The summed E-state index contributed by atoms with van der Waals surface area (Å²) in [6.45, 7) is 4.59. The van der Waals surface area contributed by atoms with Crippen LogP contribution in [0, 0.1) is 0 Å². The highest BCUT2D eigenvalue weighted by Gasteiger charge is 2.53. The minimum Gasteiger partial charge on any atom is -0.0654 e. The zero-order chi connectivity index (χ0) is 41.7. The van der Waals surface area contributed by atoms with Gasteiger partial charge in [0.05, 0.1) is 10.8 Å². The molecule has 0 nitrogen and oxygen atoms in total. The molecule has 0 atom stereocenters. The summed E-state index contributed by atoms with van der Waals surface area (Å²) in [5.74, 6) is 0. The third kappa shape index (κ3) is 5.72. The Labute approximate surface area is 369 Å². The number of hydrogen-bond donors (Lipinski definition) is 0. The molecule has 304 valence electrons. The van der Waals surface area contributed by atoms with Crippen molar-refractivity contribution in [2.24, 2.45) is 0 Å². The molecule has 0 saturated heterocycles. The lowest BCUT2D eigenvalue weighted by Crippen LogP contribution is -2.28. The van der Waals surface area contributed by atoms with Crippen molar-refractivity contribution in [2.45, 2.75) is 88.9 Å². The van der Waals surface area contributed by atoms with Gasteiger partial charge in [-0.25, -0.2) is 0 Å². The van der Waals surface area contributed by atoms with Crippen molar-refractivity contribution < 1.29 is 0 Å². The minimum absolute atomic E-state index is 0.384. The lowest BCUT2D eigenvalue weighted by atomic mass is 9.67. The van der Waals surface area contributed by atoms with E-state index in [0.717, 1.165) is 12.8 Å². The topological polar surface area (TPSA) is 0 Å². The van der Waals surface area contributed by atoms with Crippen LogP contribution >= 0.6 is 0 Å². The van der Waals surface area contributed by atoms with E-state index >= 15 is 0 Å². The van der Waals surface area contributed by atoms with Crippen LogP contribution < -0.4 is 0 Å². The highest BCUT2D eigenvalue weighted by Crippen LogP contribution is 2.65. The highest BCUT2D eigenvalue weighted by molar-refractivity contribution is 6.04. The Morgan fingerprint density at radius 3 is 1.05 bits per heavy atom. The largest absolute Gasteiger partial charge is 0.0725 e. The summed E-state index contributed by atoms with van der Waals surface area (Å²) in [4.78, 5) is 0. The van der Waals surface area contributed by atoms with Gasteiger partial charge in [-0.1, -0.05) is 234 Å². The van der Waals surface area contributed by atoms with Crippen LogP contribution in [-0.4, -0.2) is 0 Å². The second-order valence-corrected chi connectivity index (χ2v) is 18.2. The normalized spacial score (nSPS) is 14.2. The number of hydrogen-bond acceptors (Lipinski definition) is 0. The monoisotopic (exact) mass is 800 g/mol. The summed E-state index contributed by atoms with van der Waals surface area (Å²) in [5, 5.41) is 0. The maximum absolute atomic E-state index is 2.46. The summed E-state index contributed by atoms with van der Waals surface area (Å²) in [7, 11) is 0. The minimum atomic E-state index is -0.468. The van der Waals surface area contributed by atoms with E-state index in [-0.39, 0.29) is 5.41 Å². The molecule has 0 saturated carbocycles. The summed E-state index contributed by atoms with van der Waals surface area (Å²) in [5.41, 5.74) is 23.7. The summed E-state index contributed by atoms with van der Waals surface area (Å²) < 4.78 is 0. The van der Waals surface area contributed by atoms with Crippen LogP contribution in [0.2, 0.25) is 0 Å². The molecule has 0 bridgehead atoms. The molecule has 0 unspecified atom stereocenters. The predicted molar refractivity (Wildman–Crippen MR) is 261 cm³/mol. The Kier molecular flexibility index (Phi) is 9.92. The molecule has 3 aliphatic carbocycles.